The first-order valence-electron chi connectivity index (χ1n) is 11.5. The summed E-state index contributed by atoms with van der Waals surface area (Å²) < 4.78 is 44.2. The van der Waals surface area contributed by atoms with Crippen molar-refractivity contribution in [1.29, 1.82) is 0 Å². The van der Waals surface area contributed by atoms with Crippen molar-refractivity contribution >= 4 is 21.3 Å². The van der Waals surface area contributed by atoms with Gasteiger partial charge in [0.2, 0.25) is 0 Å². The van der Waals surface area contributed by atoms with Gasteiger partial charge in [-0.2, -0.15) is 0 Å². The number of carbonyl (C=O) groups excluding carboxylic acids is 1. The second-order valence-corrected chi connectivity index (χ2v) is 12.3. The Morgan fingerprint density at radius 3 is 2.32 bits per heavy atom. The number of sulfone groups is 1. The second kappa shape index (κ2) is 9.99. The average molecular weight is 454 g/mol. The maximum Gasteiger partial charge on any atom is 0.152 e. The summed E-state index contributed by atoms with van der Waals surface area (Å²) in [6.07, 6.45) is 3.41. The Balaban J connectivity index is 1.64. The van der Waals surface area contributed by atoms with Crippen LogP contribution in [0, 0.1) is 17.7 Å². The number of rotatable bonds is 7. The van der Waals surface area contributed by atoms with Crippen molar-refractivity contribution in [3.05, 3.63) is 29.6 Å². The summed E-state index contributed by atoms with van der Waals surface area (Å²) in [7, 11) is -3.05. The molecule has 1 saturated heterocycles. The van der Waals surface area contributed by atoms with Gasteiger partial charge in [-0.25, -0.2) is 12.8 Å². The first kappa shape index (κ1) is 24.2. The minimum absolute atomic E-state index is 0.0431. The lowest BCUT2D eigenvalue weighted by atomic mass is 9.79. The van der Waals surface area contributed by atoms with Gasteiger partial charge in [-0.05, 0) is 77.0 Å². The molecule has 0 amide bonds. The molecule has 0 radical (unpaired) electrons. The van der Waals surface area contributed by atoms with Crippen LogP contribution in [0.4, 0.5) is 10.1 Å². The van der Waals surface area contributed by atoms with Gasteiger partial charge < -0.3 is 9.64 Å². The van der Waals surface area contributed by atoms with E-state index in [0.29, 0.717) is 13.1 Å². The average Bonchev–Trinajstić information content (AvgIpc) is 2.68. The standard InChI is InChI=1S/C24H36FNO4S/c1-16(2)31(28,29)15-19-5-7-20(8-6-19)24(27)11-21-9-10-22(25)12-23(21)26-13-17(3)30-18(4)14-26/h9-10,12,16-20H,5-8,11,13-15H2,1-4H3/t17-,18+,19?,20?. The molecule has 1 aromatic rings. The first-order chi connectivity index (χ1) is 14.5. The normalized spacial score (nSPS) is 27.5. The van der Waals surface area contributed by atoms with E-state index in [9.17, 15) is 17.6 Å². The molecule has 31 heavy (non-hydrogen) atoms. The fourth-order valence-electron chi connectivity index (χ4n) is 4.86. The summed E-state index contributed by atoms with van der Waals surface area (Å²) in [4.78, 5) is 15.2. The smallest absolute Gasteiger partial charge is 0.152 e. The lowest BCUT2D eigenvalue weighted by Gasteiger charge is -2.38. The van der Waals surface area contributed by atoms with Crippen molar-refractivity contribution in [2.75, 3.05) is 23.7 Å². The lowest BCUT2D eigenvalue weighted by molar-refractivity contribution is -0.123. The van der Waals surface area contributed by atoms with Crippen molar-refractivity contribution in [2.24, 2.45) is 11.8 Å². The summed E-state index contributed by atoms with van der Waals surface area (Å²) >= 11 is 0. The van der Waals surface area contributed by atoms with E-state index in [1.165, 1.54) is 12.1 Å². The number of carbonyl (C=O) groups is 1. The number of hydrogen-bond acceptors (Lipinski definition) is 5. The van der Waals surface area contributed by atoms with Gasteiger partial charge in [-0.1, -0.05) is 6.07 Å². The zero-order valence-corrected chi connectivity index (χ0v) is 20.0. The highest BCUT2D eigenvalue weighted by Crippen LogP contribution is 2.33. The molecular weight excluding hydrogens is 417 g/mol. The molecule has 2 atom stereocenters. The maximum atomic E-state index is 14.0. The van der Waals surface area contributed by atoms with Crippen LogP contribution in [0.3, 0.4) is 0 Å². The van der Waals surface area contributed by atoms with Crippen LogP contribution in [0.25, 0.3) is 0 Å². The van der Waals surface area contributed by atoms with E-state index >= 15 is 0 Å². The molecule has 174 valence electrons. The SMILES string of the molecule is CC(C)S(=O)(=O)CC1CCC(C(=O)Cc2ccc(F)cc2N2C[C@@H](C)O[C@@H](C)C2)CC1. The summed E-state index contributed by atoms with van der Waals surface area (Å²) in [6.45, 7) is 8.80. The number of nitrogens with zero attached hydrogens (tertiary/aromatic N) is 1. The second-order valence-electron chi connectivity index (χ2n) is 9.67. The number of morpholine rings is 1. The van der Waals surface area contributed by atoms with Crippen LogP contribution >= 0.6 is 0 Å². The molecule has 0 spiro atoms. The van der Waals surface area contributed by atoms with Crippen LogP contribution in [0.15, 0.2) is 18.2 Å². The Labute approximate surface area is 186 Å². The third-order valence-corrected chi connectivity index (χ3v) is 9.03. The fraction of sp³-hybridized carbons (Fsp3) is 0.708. The van der Waals surface area contributed by atoms with E-state index in [0.717, 1.165) is 36.9 Å². The molecule has 2 aliphatic rings. The summed E-state index contributed by atoms with van der Waals surface area (Å²) in [5, 5.41) is -0.352. The molecule has 0 aromatic heterocycles. The molecule has 0 bridgehead atoms. The molecule has 1 aromatic carbocycles. The van der Waals surface area contributed by atoms with Gasteiger partial charge in [0.05, 0.1) is 23.2 Å². The van der Waals surface area contributed by atoms with Crippen LogP contribution in [0.1, 0.15) is 58.9 Å². The Hall–Kier alpha value is -1.47. The highest BCUT2D eigenvalue weighted by molar-refractivity contribution is 7.91. The Morgan fingerprint density at radius 1 is 1.13 bits per heavy atom. The largest absolute Gasteiger partial charge is 0.372 e. The van der Waals surface area contributed by atoms with E-state index < -0.39 is 9.84 Å². The third-order valence-electron chi connectivity index (χ3n) is 6.66. The number of anilines is 1. The van der Waals surface area contributed by atoms with Crippen molar-refractivity contribution in [2.45, 2.75) is 77.3 Å². The van der Waals surface area contributed by atoms with Crippen LogP contribution in [0.5, 0.6) is 0 Å². The van der Waals surface area contributed by atoms with E-state index in [2.05, 4.69) is 4.90 Å². The molecule has 1 aliphatic carbocycles. The third kappa shape index (κ3) is 6.28. The molecule has 7 heteroatoms. The van der Waals surface area contributed by atoms with Crippen LogP contribution < -0.4 is 4.90 Å². The Morgan fingerprint density at radius 2 is 1.74 bits per heavy atom. The molecule has 0 N–H and O–H groups in total. The number of benzene rings is 1. The highest BCUT2D eigenvalue weighted by atomic mass is 32.2. The molecule has 3 rings (SSSR count). The zero-order valence-electron chi connectivity index (χ0n) is 19.1. The molecule has 1 aliphatic heterocycles. The molecule has 2 fully saturated rings. The summed E-state index contributed by atoms with van der Waals surface area (Å²) in [5.41, 5.74) is 1.64. The van der Waals surface area contributed by atoms with Crippen LogP contribution in [-0.2, 0) is 25.8 Å². The number of Topliss-reactive ketones (excluding diaryl/α,β-unsaturated/α-hetero) is 1. The van der Waals surface area contributed by atoms with Gasteiger partial charge in [0, 0.05) is 31.1 Å². The van der Waals surface area contributed by atoms with Gasteiger partial charge >= 0.3 is 0 Å². The molecular formula is C24H36FNO4S. The predicted octanol–water partition coefficient (Wildman–Crippen LogP) is 4.18. The summed E-state index contributed by atoms with van der Waals surface area (Å²) in [5.74, 6) is 0.200. The monoisotopic (exact) mass is 453 g/mol. The maximum absolute atomic E-state index is 14.0. The first-order valence-corrected chi connectivity index (χ1v) is 13.2. The van der Waals surface area contributed by atoms with Crippen molar-refractivity contribution in [3.8, 4) is 0 Å². The Bertz CT molecular complexity index is 868. The number of hydrogen-bond donors (Lipinski definition) is 0. The van der Waals surface area contributed by atoms with Gasteiger partial charge in [0.1, 0.15) is 11.6 Å². The van der Waals surface area contributed by atoms with Crippen molar-refractivity contribution < 1.29 is 22.3 Å². The van der Waals surface area contributed by atoms with Gasteiger partial charge in [0.15, 0.2) is 9.84 Å². The van der Waals surface area contributed by atoms with Crippen LogP contribution in [-0.4, -0.2) is 50.5 Å². The predicted molar refractivity (Wildman–Crippen MR) is 122 cm³/mol. The van der Waals surface area contributed by atoms with Gasteiger partial charge in [-0.15, -0.1) is 0 Å². The van der Waals surface area contributed by atoms with Crippen molar-refractivity contribution in [1.82, 2.24) is 0 Å². The lowest BCUT2D eigenvalue weighted by Crippen LogP contribution is -2.46. The zero-order chi connectivity index (χ0) is 22.8. The minimum atomic E-state index is -3.05. The number of ether oxygens (including phenoxy) is 1. The number of ketones is 1. The van der Waals surface area contributed by atoms with Crippen LogP contribution in [0.2, 0.25) is 0 Å². The molecule has 1 saturated carbocycles. The van der Waals surface area contributed by atoms with E-state index in [4.69, 9.17) is 4.74 Å². The number of halogens is 1. The minimum Gasteiger partial charge on any atom is -0.372 e. The highest BCUT2D eigenvalue weighted by Gasteiger charge is 2.31. The quantitative estimate of drug-likeness (QED) is 0.620. The molecule has 0 unspecified atom stereocenters. The molecule has 1 heterocycles. The van der Waals surface area contributed by atoms with E-state index in [1.54, 1.807) is 19.9 Å². The Kier molecular flexibility index (Phi) is 7.79. The van der Waals surface area contributed by atoms with Gasteiger partial charge in [0.25, 0.3) is 0 Å². The molecule has 5 nitrogen and oxygen atoms in total. The fourth-order valence-corrected chi connectivity index (χ4v) is 6.23. The van der Waals surface area contributed by atoms with E-state index in [1.807, 2.05) is 13.8 Å². The van der Waals surface area contributed by atoms with Gasteiger partial charge in [-0.3, -0.25) is 4.79 Å². The topological polar surface area (TPSA) is 63.7 Å². The van der Waals surface area contributed by atoms with Crippen molar-refractivity contribution in [3.63, 3.8) is 0 Å². The summed E-state index contributed by atoms with van der Waals surface area (Å²) in [6, 6.07) is 4.68. The van der Waals surface area contributed by atoms with E-state index in [-0.39, 0.29) is 53.1 Å².